The molecule has 0 aliphatic rings. The van der Waals surface area contributed by atoms with Crippen molar-refractivity contribution in [3.05, 3.63) is 0 Å². The average molecular weight is 159 g/mol. The van der Waals surface area contributed by atoms with Gasteiger partial charge in [-0.1, -0.05) is 13.8 Å². The molecule has 0 aromatic heterocycles. The lowest BCUT2D eigenvalue weighted by molar-refractivity contribution is 0.865. The molecular formula is C4H12Cl2N2. The van der Waals surface area contributed by atoms with Crippen LogP contribution in [0.3, 0.4) is 0 Å². The summed E-state index contributed by atoms with van der Waals surface area (Å²) in [4.78, 5) is 0. The number of amidine groups is 1. The topological polar surface area (TPSA) is 49.9 Å². The Bertz CT molecular complexity index is 63.1. The van der Waals surface area contributed by atoms with E-state index in [1.54, 1.807) is 0 Å². The summed E-state index contributed by atoms with van der Waals surface area (Å²) >= 11 is 0. The fourth-order valence-electron chi connectivity index (χ4n) is 0. The summed E-state index contributed by atoms with van der Waals surface area (Å²) in [5.41, 5.74) is 5.02. The lowest BCUT2D eigenvalue weighted by Gasteiger charge is -1.95. The van der Waals surface area contributed by atoms with Crippen LogP contribution in [-0.2, 0) is 0 Å². The molecule has 0 saturated heterocycles. The minimum absolute atomic E-state index is 0. The highest BCUT2D eigenvalue weighted by Gasteiger charge is 1.91. The standard InChI is InChI=1S/C4H10N2.2ClH/c1-3(2)4(5)6;;/h3H,1-2H3,(H3,5,6);2*1H. The molecule has 0 saturated carbocycles. The van der Waals surface area contributed by atoms with Gasteiger partial charge in [0.2, 0.25) is 0 Å². The predicted molar refractivity (Wildman–Crippen MR) is 41.2 cm³/mol. The second kappa shape index (κ2) is 7.05. The highest BCUT2D eigenvalue weighted by molar-refractivity contribution is 5.85. The highest BCUT2D eigenvalue weighted by Crippen LogP contribution is 1.85. The van der Waals surface area contributed by atoms with Gasteiger partial charge in [-0.25, -0.2) is 0 Å². The van der Waals surface area contributed by atoms with Crippen molar-refractivity contribution in [1.82, 2.24) is 0 Å². The third-order valence-corrected chi connectivity index (χ3v) is 0.622. The molecule has 52 valence electrons. The Hall–Kier alpha value is 0.0500. The van der Waals surface area contributed by atoms with Gasteiger partial charge in [0, 0.05) is 5.92 Å². The first kappa shape index (κ1) is 15.7. The van der Waals surface area contributed by atoms with Crippen LogP contribution in [0.4, 0.5) is 0 Å². The minimum Gasteiger partial charge on any atom is -0.387 e. The quantitative estimate of drug-likeness (QED) is 0.441. The fourth-order valence-corrected chi connectivity index (χ4v) is 0. The molecule has 4 heteroatoms. The van der Waals surface area contributed by atoms with Crippen LogP contribution in [0.15, 0.2) is 0 Å². The van der Waals surface area contributed by atoms with Gasteiger partial charge in [0.1, 0.15) is 0 Å². The van der Waals surface area contributed by atoms with Crippen LogP contribution < -0.4 is 5.73 Å². The Morgan fingerprint density at radius 1 is 1.38 bits per heavy atom. The van der Waals surface area contributed by atoms with Crippen molar-refractivity contribution in [2.75, 3.05) is 0 Å². The highest BCUT2D eigenvalue weighted by atomic mass is 35.5. The minimum atomic E-state index is 0. The van der Waals surface area contributed by atoms with Gasteiger partial charge < -0.3 is 5.73 Å². The van der Waals surface area contributed by atoms with Gasteiger partial charge in [0.05, 0.1) is 5.84 Å². The largest absolute Gasteiger partial charge is 0.387 e. The first-order valence-electron chi connectivity index (χ1n) is 1.98. The van der Waals surface area contributed by atoms with Crippen LogP contribution in [0.2, 0.25) is 0 Å². The third kappa shape index (κ3) is 9.41. The van der Waals surface area contributed by atoms with Gasteiger partial charge in [-0.15, -0.1) is 24.8 Å². The normalized spacial score (nSPS) is 6.88. The van der Waals surface area contributed by atoms with E-state index in [1.165, 1.54) is 0 Å². The molecule has 3 N–H and O–H groups in total. The van der Waals surface area contributed by atoms with Crippen molar-refractivity contribution in [1.29, 1.82) is 5.41 Å². The Morgan fingerprint density at radius 3 is 1.50 bits per heavy atom. The molecule has 2 nitrogen and oxygen atoms in total. The van der Waals surface area contributed by atoms with E-state index in [0.29, 0.717) is 0 Å². The molecule has 0 aromatic carbocycles. The Morgan fingerprint density at radius 2 is 1.50 bits per heavy atom. The Kier molecular flexibility index (Phi) is 13.8. The van der Waals surface area contributed by atoms with Crippen molar-refractivity contribution in [2.24, 2.45) is 11.7 Å². The zero-order valence-electron chi connectivity index (χ0n) is 4.97. The molecule has 0 unspecified atom stereocenters. The molecule has 0 heterocycles. The van der Waals surface area contributed by atoms with E-state index in [1.807, 2.05) is 13.8 Å². The molecule has 0 aliphatic heterocycles. The maximum atomic E-state index is 6.73. The summed E-state index contributed by atoms with van der Waals surface area (Å²) in [7, 11) is 0. The zero-order chi connectivity index (χ0) is 5.15. The van der Waals surface area contributed by atoms with Crippen molar-refractivity contribution in [2.45, 2.75) is 13.8 Å². The van der Waals surface area contributed by atoms with Gasteiger partial charge in [0.25, 0.3) is 0 Å². The van der Waals surface area contributed by atoms with E-state index in [2.05, 4.69) is 0 Å². The van der Waals surface area contributed by atoms with Crippen LogP contribution in [0, 0.1) is 11.3 Å². The fraction of sp³-hybridized carbons (Fsp3) is 0.750. The lowest BCUT2D eigenvalue weighted by atomic mass is 10.2. The summed E-state index contributed by atoms with van der Waals surface area (Å²) in [6.45, 7) is 3.78. The molecule has 0 aliphatic carbocycles. The Labute approximate surface area is 62.2 Å². The smallest absolute Gasteiger partial charge is 0.0931 e. The summed E-state index contributed by atoms with van der Waals surface area (Å²) in [5.74, 6) is 0.472. The molecule has 8 heavy (non-hydrogen) atoms. The van der Waals surface area contributed by atoms with Crippen LogP contribution in [0.5, 0.6) is 0 Å². The van der Waals surface area contributed by atoms with Crippen molar-refractivity contribution in [3.63, 3.8) is 0 Å². The molecule has 0 aromatic rings. The van der Waals surface area contributed by atoms with E-state index in [0.717, 1.165) is 0 Å². The maximum absolute atomic E-state index is 6.73. The summed E-state index contributed by atoms with van der Waals surface area (Å²) < 4.78 is 0. The van der Waals surface area contributed by atoms with E-state index in [-0.39, 0.29) is 36.6 Å². The van der Waals surface area contributed by atoms with Crippen LogP contribution in [-0.4, -0.2) is 5.84 Å². The van der Waals surface area contributed by atoms with E-state index in [9.17, 15) is 0 Å². The van der Waals surface area contributed by atoms with Gasteiger partial charge in [0.15, 0.2) is 0 Å². The van der Waals surface area contributed by atoms with Crippen molar-refractivity contribution >= 4 is 30.6 Å². The zero-order valence-corrected chi connectivity index (χ0v) is 6.60. The maximum Gasteiger partial charge on any atom is 0.0931 e. The van der Waals surface area contributed by atoms with Crippen LogP contribution >= 0.6 is 24.8 Å². The van der Waals surface area contributed by atoms with Crippen molar-refractivity contribution in [3.8, 4) is 0 Å². The molecule has 0 radical (unpaired) electrons. The predicted octanol–water partition coefficient (Wildman–Crippen LogP) is 1.42. The monoisotopic (exact) mass is 158 g/mol. The second-order valence-corrected chi connectivity index (χ2v) is 1.61. The van der Waals surface area contributed by atoms with Crippen LogP contribution in [0.25, 0.3) is 0 Å². The number of rotatable bonds is 1. The van der Waals surface area contributed by atoms with Gasteiger partial charge in [-0.2, -0.15) is 0 Å². The molecule has 0 fully saturated rings. The number of hydrogen-bond acceptors (Lipinski definition) is 1. The number of nitrogens with one attached hydrogen (secondary N) is 1. The van der Waals surface area contributed by atoms with Gasteiger partial charge >= 0.3 is 0 Å². The van der Waals surface area contributed by atoms with Crippen molar-refractivity contribution < 1.29 is 0 Å². The lowest BCUT2D eigenvalue weighted by Crippen LogP contribution is -2.16. The molecule has 0 atom stereocenters. The van der Waals surface area contributed by atoms with E-state index in [4.69, 9.17) is 11.1 Å². The molecule has 0 rings (SSSR count). The molecule has 0 bridgehead atoms. The SMILES string of the molecule is CC(C)C(=N)N.Cl.Cl. The van der Waals surface area contributed by atoms with Crippen LogP contribution in [0.1, 0.15) is 13.8 Å². The van der Waals surface area contributed by atoms with E-state index >= 15 is 0 Å². The third-order valence-electron chi connectivity index (χ3n) is 0.622. The number of halogens is 2. The van der Waals surface area contributed by atoms with Gasteiger partial charge in [-0.05, 0) is 0 Å². The summed E-state index contributed by atoms with van der Waals surface area (Å²) in [6.07, 6.45) is 0. The number of nitrogens with two attached hydrogens (primary N) is 1. The number of hydrogen-bond donors (Lipinski definition) is 2. The first-order valence-corrected chi connectivity index (χ1v) is 1.98. The van der Waals surface area contributed by atoms with Gasteiger partial charge in [-0.3, -0.25) is 5.41 Å². The average Bonchev–Trinajstić information content (AvgIpc) is 1.36. The molecule has 0 spiro atoms. The Balaban J connectivity index is -0.000000125. The second-order valence-electron chi connectivity index (χ2n) is 1.61. The molecular weight excluding hydrogens is 147 g/mol. The first-order chi connectivity index (χ1) is 2.64. The molecule has 0 amide bonds. The summed E-state index contributed by atoms with van der Waals surface area (Å²) in [5, 5.41) is 6.73. The van der Waals surface area contributed by atoms with E-state index < -0.39 is 0 Å². The summed E-state index contributed by atoms with van der Waals surface area (Å²) in [6, 6.07) is 0.